The maximum atomic E-state index is 9.60. The highest BCUT2D eigenvalue weighted by Crippen LogP contribution is 2.19. The molecule has 1 atom stereocenters. The first-order valence-electron chi connectivity index (χ1n) is 4.73. The van der Waals surface area contributed by atoms with Crippen molar-refractivity contribution >= 4 is 5.65 Å². The molecule has 2 rings (SSSR count). The van der Waals surface area contributed by atoms with Gasteiger partial charge in [-0.3, -0.25) is 0 Å². The standard InChI is InChI=1S/C11H14N2O/c1-7-4-5-13-10(6-7)12-8(2)11(13)9(3)14/h4-6,9,14H,1-3H3/t9-/m0/s1. The lowest BCUT2D eigenvalue weighted by Gasteiger charge is -2.05. The van der Waals surface area contributed by atoms with Gasteiger partial charge in [-0.2, -0.15) is 0 Å². The van der Waals surface area contributed by atoms with E-state index >= 15 is 0 Å². The second-order valence-corrected chi connectivity index (χ2v) is 3.69. The molecule has 2 aromatic rings. The van der Waals surface area contributed by atoms with E-state index in [2.05, 4.69) is 4.98 Å². The Kier molecular flexibility index (Phi) is 2.04. The Bertz CT molecular complexity index is 471. The number of hydrogen-bond acceptors (Lipinski definition) is 2. The van der Waals surface area contributed by atoms with Gasteiger partial charge >= 0.3 is 0 Å². The van der Waals surface area contributed by atoms with Gasteiger partial charge in [-0.25, -0.2) is 4.98 Å². The van der Waals surface area contributed by atoms with E-state index in [9.17, 15) is 5.11 Å². The Hall–Kier alpha value is -1.35. The molecule has 14 heavy (non-hydrogen) atoms. The van der Waals surface area contributed by atoms with E-state index in [1.54, 1.807) is 6.92 Å². The van der Waals surface area contributed by atoms with Gasteiger partial charge in [-0.1, -0.05) is 0 Å². The van der Waals surface area contributed by atoms with E-state index in [0.29, 0.717) is 0 Å². The predicted octanol–water partition coefficient (Wildman–Crippen LogP) is 2.00. The van der Waals surface area contributed by atoms with Crippen molar-refractivity contribution in [3.05, 3.63) is 35.3 Å². The van der Waals surface area contributed by atoms with Crippen LogP contribution in [0.5, 0.6) is 0 Å². The van der Waals surface area contributed by atoms with Crippen molar-refractivity contribution in [3.63, 3.8) is 0 Å². The number of aliphatic hydroxyl groups excluding tert-OH is 1. The second-order valence-electron chi connectivity index (χ2n) is 3.69. The Morgan fingerprint density at radius 3 is 2.79 bits per heavy atom. The summed E-state index contributed by atoms with van der Waals surface area (Å²) < 4.78 is 1.94. The minimum absolute atomic E-state index is 0.479. The summed E-state index contributed by atoms with van der Waals surface area (Å²) >= 11 is 0. The third-order valence-electron chi connectivity index (χ3n) is 2.40. The molecule has 0 spiro atoms. The zero-order chi connectivity index (χ0) is 10.3. The van der Waals surface area contributed by atoms with Crippen LogP contribution in [-0.4, -0.2) is 14.5 Å². The van der Waals surface area contributed by atoms with Crippen LogP contribution in [0.25, 0.3) is 5.65 Å². The van der Waals surface area contributed by atoms with Crippen molar-refractivity contribution in [2.45, 2.75) is 26.9 Å². The SMILES string of the molecule is Cc1ccn2c([C@H](C)O)c(C)nc2c1. The number of fused-ring (bicyclic) bond motifs is 1. The first kappa shape index (κ1) is 9.21. The molecule has 1 N–H and O–H groups in total. The van der Waals surface area contributed by atoms with Crippen LogP contribution in [0.15, 0.2) is 18.3 Å². The van der Waals surface area contributed by atoms with Gasteiger partial charge in [0.05, 0.1) is 17.5 Å². The van der Waals surface area contributed by atoms with Crippen molar-refractivity contribution < 1.29 is 5.11 Å². The van der Waals surface area contributed by atoms with Crippen LogP contribution < -0.4 is 0 Å². The highest BCUT2D eigenvalue weighted by Gasteiger charge is 2.12. The van der Waals surface area contributed by atoms with Crippen LogP contribution in [-0.2, 0) is 0 Å². The van der Waals surface area contributed by atoms with Gasteiger partial charge in [0, 0.05) is 6.20 Å². The van der Waals surface area contributed by atoms with Crippen molar-refractivity contribution in [1.82, 2.24) is 9.38 Å². The number of aryl methyl sites for hydroxylation is 2. The van der Waals surface area contributed by atoms with Crippen LogP contribution in [0.4, 0.5) is 0 Å². The zero-order valence-corrected chi connectivity index (χ0v) is 8.65. The number of hydrogen-bond donors (Lipinski definition) is 1. The minimum Gasteiger partial charge on any atom is -0.387 e. The zero-order valence-electron chi connectivity index (χ0n) is 8.65. The highest BCUT2D eigenvalue weighted by atomic mass is 16.3. The smallest absolute Gasteiger partial charge is 0.137 e. The molecule has 0 bridgehead atoms. The number of pyridine rings is 1. The summed E-state index contributed by atoms with van der Waals surface area (Å²) in [5.74, 6) is 0. The molecule has 0 radical (unpaired) electrons. The predicted molar refractivity (Wildman–Crippen MR) is 55.3 cm³/mol. The normalized spacial score (nSPS) is 13.4. The maximum Gasteiger partial charge on any atom is 0.137 e. The van der Waals surface area contributed by atoms with Gasteiger partial charge < -0.3 is 9.51 Å². The van der Waals surface area contributed by atoms with Gasteiger partial charge in [0.2, 0.25) is 0 Å². The molecule has 0 aliphatic carbocycles. The molecule has 0 unspecified atom stereocenters. The van der Waals surface area contributed by atoms with Crippen molar-refractivity contribution in [2.24, 2.45) is 0 Å². The van der Waals surface area contributed by atoms with Crippen LogP contribution in [0, 0.1) is 13.8 Å². The number of imidazole rings is 1. The van der Waals surface area contributed by atoms with E-state index in [-0.39, 0.29) is 0 Å². The molecule has 3 heteroatoms. The molecule has 2 heterocycles. The van der Waals surface area contributed by atoms with E-state index < -0.39 is 6.10 Å². The maximum absolute atomic E-state index is 9.60. The Balaban J connectivity index is 2.77. The van der Waals surface area contributed by atoms with Gasteiger partial charge in [0.15, 0.2) is 0 Å². The molecule has 0 aliphatic rings. The molecular weight excluding hydrogens is 176 g/mol. The van der Waals surface area contributed by atoms with Crippen LogP contribution in [0.1, 0.15) is 30.0 Å². The fourth-order valence-electron chi connectivity index (χ4n) is 1.79. The first-order chi connectivity index (χ1) is 6.59. The Morgan fingerprint density at radius 1 is 1.43 bits per heavy atom. The summed E-state index contributed by atoms with van der Waals surface area (Å²) in [6, 6.07) is 4.03. The molecule has 0 amide bonds. The van der Waals surface area contributed by atoms with Crippen molar-refractivity contribution in [3.8, 4) is 0 Å². The summed E-state index contributed by atoms with van der Waals surface area (Å²) in [5.41, 5.74) is 3.85. The summed E-state index contributed by atoms with van der Waals surface area (Å²) in [7, 11) is 0. The number of aliphatic hydroxyl groups is 1. The molecule has 0 saturated heterocycles. The van der Waals surface area contributed by atoms with E-state index in [4.69, 9.17) is 0 Å². The average molecular weight is 190 g/mol. The fourth-order valence-corrected chi connectivity index (χ4v) is 1.79. The summed E-state index contributed by atoms with van der Waals surface area (Å²) in [5, 5.41) is 9.60. The Labute approximate surface area is 83.0 Å². The van der Waals surface area contributed by atoms with Crippen molar-refractivity contribution in [2.75, 3.05) is 0 Å². The van der Waals surface area contributed by atoms with Crippen molar-refractivity contribution in [1.29, 1.82) is 0 Å². The second kappa shape index (κ2) is 3.10. The van der Waals surface area contributed by atoms with Gasteiger partial charge in [-0.05, 0) is 38.5 Å². The summed E-state index contributed by atoms with van der Waals surface area (Å²) in [6.07, 6.45) is 1.47. The van der Waals surface area contributed by atoms with Gasteiger partial charge in [0.25, 0.3) is 0 Å². The molecular formula is C11H14N2O. The Morgan fingerprint density at radius 2 is 2.14 bits per heavy atom. The first-order valence-corrected chi connectivity index (χ1v) is 4.73. The monoisotopic (exact) mass is 190 g/mol. The average Bonchev–Trinajstić information content (AvgIpc) is 2.39. The highest BCUT2D eigenvalue weighted by molar-refractivity contribution is 5.45. The van der Waals surface area contributed by atoms with Crippen LogP contribution in [0.2, 0.25) is 0 Å². The lowest BCUT2D eigenvalue weighted by Crippen LogP contribution is -1.98. The number of rotatable bonds is 1. The summed E-state index contributed by atoms with van der Waals surface area (Å²) in [4.78, 5) is 4.40. The van der Waals surface area contributed by atoms with Crippen LogP contribution >= 0.6 is 0 Å². The lowest BCUT2D eigenvalue weighted by molar-refractivity contribution is 0.192. The number of aromatic nitrogens is 2. The topological polar surface area (TPSA) is 37.5 Å². The largest absolute Gasteiger partial charge is 0.387 e. The van der Waals surface area contributed by atoms with Crippen LogP contribution in [0.3, 0.4) is 0 Å². The third-order valence-corrected chi connectivity index (χ3v) is 2.40. The van der Waals surface area contributed by atoms with Gasteiger partial charge in [0.1, 0.15) is 5.65 Å². The molecule has 2 aromatic heterocycles. The van der Waals surface area contributed by atoms with E-state index in [1.807, 2.05) is 36.6 Å². The number of nitrogens with zero attached hydrogens (tertiary/aromatic N) is 2. The quantitative estimate of drug-likeness (QED) is 0.746. The third kappa shape index (κ3) is 1.30. The fraction of sp³-hybridized carbons (Fsp3) is 0.364. The molecule has 0 aromatic carbocycles. The minimum atomic E-state index is -0.479. The molecule has 0 aliphatic heterocycles. The van der Waals surface area contributed by atoms with Gasteiger partial charge in [-0.15, -0.1) is 0 Å². The molecule has 0 saturated carbocycles. The van der Waals surface area contributed by atoms with E-state index in [1.165, 1.54) is 5.56 Å². The lowest BCUT2D eigenvalue weighted by atomic mass is 10.2. The molecule has 0 fully saturated rings. The molecule has 3 nitrogen and oxygen atoms in total. The van der Waals surface area contributed by atoms with E-state index in [0.717, 1.165) is 17.0 Å². The summed E-state index contributed by atoms with van der Waals surface area (Å²) in [6.45, 7) is 5.72. The molecule has 74 valence electrons.